The van der Waals surface area contributed by atoms with Crippen LogP contribution < -0.4 is 10.5 Å². The smallest absolute Gasteiger partial charge is 0.122 e. The lowest BCUT2D eigenvalue weighted by Crippen LogP contribution is -2.22. The number of methoxy groups -OCH3 is 1. The van der Waals surface area contributed by atoms with Crippen LogP contribution in [-0.4, -0.2) is 39.6 Å². The number of hydrogen-bond acceptors (Lipinski definition) is 4. The molecule has 0 bridgehead atoms. The van der Waals surface area contributed by atoms with E-state index < -0.39 is 0 Å². The molecule has 1 aromatic rings. The van der Waals surface area contributed by atoms with E-state index in [0.29, 0.717) is 26.4 Å². The predicted octanol–water partition coefficient (Wildman–Crippen LogP) is 2.77. The molecule has 0 saturated heterocycles. The Balaban J connectivity index is 2.47. The zero-order chi connectivity index (χ0) is 14.8. The first kappa shape index (κ1) is 17.4. The van der Waals surface area contributed by atoms with Gasteiger partial charge >= 0.3 is 0 Å². The lowest BCUT2D eigenvalue weighted by Gasteiger charge is -2.15. The molecule has 0 saturated carbocycles. The van der Waals surface area contributed by atoms with Gasteiger partial charge in [-0.15, -0.1) is 0 Å². The third kappa shape index (κ3) is 6.70. The summed E-state index contributed by atoms with van der Waals surface area (Å²) in [7, 11) is 1.66. The Morgan fingerprint density at radius 3 is 2.65 bits per heavy atom. The van der Waals surface area contributed by atoms with Crippen LogP contribution in [-0.2, 0) is 15.9 Å². The average Bonchev–Trinajstić information content (AvgIpc) is 2.44. The fraction of sp³-hybridized carbons (Fsp3) is 0.600. The molecule has 1 aromatic carbocycles. The van der Waals surface area contributed by atoms with Crippen molar-refractivity contribution in [1.82, 2.24) is 0 Å². The van der Waals surface area contributed by atoms with Crippen LogP contribution in [0, 0.1) is 0 Å². The van der Waals surface area contributed by atoms with Gasteiger partial charge in [-0.05, 0) is 36.6 Å². The average molecular weight is 346 g/mol. The van der Waals surface area contributed by atoms with Gasteiger partial charge in [0.15, 0.2) is 0 Å². The molecule has 114 valence electrons. The fourth-order valence-corrected chi connectivity index (χ4v) is 2.14. The normalized spacial score (nSPS) is 12.4. The zero-order valence-corrected chi connectivity index (χ0v) is 13.8. The molecule has 0 aliphatic carbocycles. The summed E-state index contributed by atoms with van der Waals surface area (Å²) in [5, 5.41) is 0. The standard InChI is InChI=1S/C15H24BrNO3/c1-3-14(17)11-12-10-13(16)4-5-15(12)20-9-8-19-7-6-18-2/h4-5,10,14H,3,6-9,11,17H2,1-2H3. The maximum Gasteiger partial charge on any atom is 0.122 e. The van der Waals surface area contributed by atoms with Gasteiger partial charge < -0.3 is 19.9 Å². The molecule has 20 heavy (non-hydrogen) atoms. The van der Waals surface area contributed by atoms with Crippen molar-refractivity contribution in [3.63, 3.8) is 0 Å². The van der Waals surface area contributed by atoms with Gasteiger partial charge in [-0.1, -0.05) is 22.9 Å². The van der Waals surface area contributed by atoms with E-state index >= 15 is 0 Å². The molecule has 0 spiro atoms. The van der Waals surface area contributed by atoms with Gasteiger partial charge in [0.1, 0.15) is 12.4 Å². The summed E-state index contributed by atoms with van der Waals surface area (Å²) in [5.74, 6) is 0.882. The summed E-state index contributed by atoms with van der Waals surface area (Å²) in [6.45, 7) is 4.37. The van der Waals surface area contributed by atoms with Crippen molar-refractivity contribution >= 4 is 15.9 Å². The summed E-state index contributed by atoms with van der Waals surface area (Å²) in [5.41, 5.74) is 7.15. The van der Waals surface area contributed by atoms with Crippen LogP contribution >= 0.6 is 15.9 Å². The van der Waals surface area contributed by atoms with Crippen LogP contribution in [0.15, 0.2) is 22.7 Å². The van der Waals surface area contributed by atoms with Crippen LogP contribution in [0.1, 0.15) is 18.9 Å². The van der Waals surface area contributed by atoms with Gasteiger partial charge in [0.2, 0.25) is 0 Å². The Kier molecular flexibility index (Phi) is 8.85. The number of benzene rings is 1. The second kappa shape index (κ2) is 10.2. The van der Waals surface area contributed by atoms with Gasteiger partial charge in [0, 0.05) is 17.6 Å². The van der Waals surface area contributed by atoms with Gasteiger partial charge in [-0.25, -0.2) is 0 Å². The molecule has 0 aliphatic heterocycles. The zero-order valence-electron chi connectivity index (χ0n) is 12.2. The molecule has 5 heteroatoms. The van der Waals surface area contributed by atoms with E-state index in [9.17, 15) is 0 Å². The minimum absolute atomic E-state index is 0.157. The Labute approximate surface area is 129 Å². The van der Waals surface area contributed by atoms with Crippen molar-refractivity contribution in [3.8, 4) is 5.75 Å². The first-order valence-corrected chi connectivity index (χ1v) is 7.70. The molecule has 1 rings (SSSR count). The lowest BCUT2D eigenvalue weighted by molar-refractivity contribution is 0.0542. The maximum absolute atomic E-state index is 6.02. The SMILES string of the molecule is CCC(N)Cc1cc(Br)ccc1OCCOCCOC. The molecule has 4 nitrogen and oxygen atoms in total. The summed E-state index contributed by atoms with van der Waals surface area (Å²) < 4.78 is 17.1. The molecule has 0 amide bonds. The van der Waals surface area contributed by atoms with Crippen LogP contribution in [0.2, 0.25) is 0 Å². The largest absolute Gasteiger partial charge is 0.491 e. The van der Waals surface area contributed by atoms with Crippen molar-refractivity contribution in [2.75, 3.05) is 33.5 Å². The number of ether oxygens (including phenoxy) is 3. The van der Waals surface area contributed by atoms with E-state index in [4.69, 9.17) is 19.9 Å². The van der Waals surface area contributed by atoms with Gasteiger partial charge in [-0.2, -0.15) is 0 Å². The van der Waals surface area contributed by atoms with E-state index in [-0.39, 0.29) is 6.04 Å². The highest BCUT2D eigenvalue weighted by Crippen LogP contribution is 2.24. The summed E-state index contributed by atoms with van der Waals surface area (Å²) in [6.07, 6.45) is 1.77. The molecule has 0 radical (unpaired) electrons. The third-order valence-corrected chi connectivity index (χ3v) is 3.44. The summed E-state index contributed by atoms with van der Waals surface area (Å²) in [4.78, 5) is 0. The number of hydrogen-bond donors (Lipinski definition) is 1. The predicted molar refractivity (Wildman–Crippen MR) is 84.3 cm³/mol. The minimum atomic E-state index is 0.157. The van der Waals surface area contributed by atoms with E-state index in [0.717, 1.165) is 28.6 Å². The first-order chi connectivity index (χ1) is 9.67. The Morgan fingerprint density at radius 2 is 1.95 bits per heavy atom. The van der Waals surface area contributed by atoms with Crippen LogP contribution in [0.5, 0.6) is 5.75 Å². The van der Waals surface area contributed by atoms with E-state index in [2.05, 4.69) is 28.9 Å². The summed E-state index contributed by atoms with van der Waals surface area (Å²) >= 11 is 3.48. The molecule has 0 aliphatic rings. The van der Waals surface area contributed by atoms with Crippen molar-refractivity contribution in [2.24, 2.45) is 5.73 Å². The fourth-order valence-electron chi connectivity index (χ4n) is 1.73. The Morgan fingerprint density at radius 1 is 1.20 bits per heavy atom. The third-order valence-electron chi connectivity index (χ3n) is 2.95. The number of nitrogens with two attached hydrogens (primary N) is 1. The highest BCUT2D eigenvalue weighted by Gasteiger charge is 2.08. The number of rotatable bonds is 10. The molecule has 0 heterocycles. The first-order valence-electron chi connectivity index (χ1n) is 6.90. The molecule has 1 atom stereocenters. The molecule has 2 N–H and O–H groups in total. The van der Waals surface area contributed by atoms with E-state index in [1.807, 2.05) is 12.1 Å². The Bertz CT molecular complexity index is 387. The summed E-state index contributed by atoms with van der Waals surface area (Å²) in [6, 6.07) is 6.17. The molecule has 1 unspecified atom stereocenters. The van der Waals surface area contributed by atoms with Crippen molar-refractivity contribution < 1.29 is 14.2 Å². The molecule has 0 fully saturated rings. The minimum Gasteiger partial charge on any atom is -0.491 e. The van der Waals surface area contributed by atoms with Gasteiger partial charge in [0.25, 0.3) is 0 Å². The maximum atomic E-state index is 6.02. The van der Waals surface area contributed by atoms with E-state index in [1.165, 1.54) is 0 Å². The van der Waals surface area contributed by atoms with E-state index in [1.54, 1.807) is 7.11 Å². The monoisotopic (exact) mass is 345 g/mol. The molecular weight excluding hydrogens is 322 g/mol. The van der Waals surface area contributed by atoms with Crippen molar-refractivity contribution in [2.45, 2.75) is 25.8 Å². The van der Waals surface area contributed by atoms with Gasteiger partial charge in [-0.3, -0.25) is 0 Å². The Hall–Kier alpha value is -0.620. The van der Waals surface area contributed by atoms with Crippen LogP contribution in [0.3, 0.4) is 0 Å². The van der Waals surface area contributed by atoms with Gasteiger partial charge in [0.05, 0.1) is 19.8 Å². The second-order valence-electron chi connectivity index (χ2n) is 4.58. The van der Waals surface area contributed by atoms with Crippen molar-refractivity contribution in [3.05, 3.63) is 28.2 Å². The van der Waals surface area contributed by atoms with Crippen molar-refractivity contribution in [1.29, 1.82) is 0 Å². The topological polar surface area (TPSA) is 53.7 Å². The highest BCUT2D eigenvalue weighted by atomic mass is 79.9. The number of halogens is 1. The second-order valence-corrected chi connectivity index (χ2v) is 5.49. The van der Waals surface area contributed by atoms with Crippen LogP contribution in [0.25, 0.3) is 0 Å². The molecule has 0 aromatic heterocycles. The highest BCUT2D eigenvalue weighted by molar-refractivity contribution is 9.10. The lowest BCUT2D eigenvalue weighted by atomic mass is 10.0. The van der Waals surface area contributed by atoms with Crippen LogP contribution in [0.4, 0.5) is 0 Å². The molecular formula is C15H24BrNO3. The quantitative estimate of drug-likeness (QED) is 0.662.